The van der Waals surface area contributed by atoms with Crippen LogP contribution in [0.3, 0.4) is 0 Å². The zero-order chi connectivity index (χ0) is 11.8. The van der Waals surface area contributed by atoms with Gasteiger partial charge in [0.2, 0.25) is 0 Å². The van der Waals surface area contributed by atoms with Gasteiger partial charge < -0.3 is 5.73 Å². The van der Waals surface area contributed by atoms with Crippen molar-refractivity contribution in [2.24, 2.45) is 5.73 Å². The number of aromatic nitrogens is 1. The molecule has 1 heterocycles. The number of alkyl halides is 3. The Morgan fingerprint density at radius 1 is 1.27 bits per heavy atom. The van der Waals surface area contributed by atoms with E-state index in [1.165, 1.54) is 0 Å². The van der Waals surface area contributed by atoms with E-state index in [4.69, 9.17) is 40.5 Å². The number of hydrogen-bond acceptors (Lipinski definition) is 2. The molecule has 0 aliphatic rings. The molecule has 0 amide bonds. The molecule has 0 saturated heterocycles. The molecule has 0 fully saturated rings. The van der Waals surface area contributed by atoms with E-state index in [2.05, 4.69) is 4.98 Å². The molecule has 0 unspecified atom stereocenters. The molecule has 1 rings (SSSR count). The highest BCUT2D eigenvalue weighted by atomic mass is 35.5. The van der Waals surface area contributed by atoms with Gasteiger partial charge in [0.15, 0.2) is 0 Å². The molecular formula is C7H4Cl3F3N2. The summed E-state index contributed by atoms with van der Waals surface area (Å²) in [7, 11) is 0. The van der Waals surface area contributed by atoms with Crippen molar-refractivity contribution < 1.29 is 13.2 Å². The minimum absolute atomic E-state index is 0.268. The van der Waals surface area contributed by atoms with Gasteiger partial charge >= 0.3 is 6.18 Å². The van der Waals surface area contributed by atoms with Crippen LogP contribution in [-0.4, -0.2) is 11.2 Å². The van der Waals surface area contributed by atoms with E-state index < -0.39 is 17.8 Å². The van der Waals surface area contributed by atoms with Gasteiger partial charge in [0, 0.05) is 11.8 Å². The van der Waals surface area contributed by atoms with Gasteiger partial charge in [0.05, 0.1) is 10.0 Å². The van der Waals surface area contributed by atoms with E-state index in [-0.39, 0.29) is 15.2 Å². The molecule has 8 heteroatoms. The first-order chi connectivity index (χ1) is 6.75. The third-order valence-corrected chi connectivity index (χ3v) is 2.70. The number of pyridine rings is 1. The lowest BCUT2D eigenvalue weighted by Crippen LogP contribution is -2.29. The fourth-order valence-corrected chi connectivity index (χ4v) is 1.63. The smallest absolute Gasteiger partial charge is 0.316 e. The fraction of sp³-hybridized carbons (Fsp3) is 0.286. The maximum Gasteiger partial charge on any atom is 0.407 e. The Hall–Kier alpha value is -0.230. The van der Waals surface area contributed by atoms with Crippen LogP contribution in [0.25, 0.3) is 0 Å². The van der Waals surface area contributed by atoms with Crippen molar-refractivity contribution in [1.29, 1.82) is 0 Å². The van der Waals surface area contributed by atoms with E-state index in [0.29, 0.717) is 0 Å². The molecule has 0 bridgehead atoms. The molecule has 15 heavy (non-hydrogen) atoms. The van der Waals surface area contributed by atoms with Gasteiger partial charge in [-0.05, 0) is 0 Å². The monoisotopic (exact) mass is 278 g/mol. The summed E-state index contributed by atoms with van der Waals surface area (Å²) in [6, 6.07) is -2.28. The first-order valence-corrected chi connectivity index (χ1v) is 4.70. The lowest BCUT2D eigenvalue weighted by atomic mass is 10.1. The Kier molecular flexibility index (Phi) is 3.71. The van der Waals surface area contributed by atoms with Crippen molar-refractivity contribution in [1.82, 2.24) is 4.98 Å². The molecule has 0 aromatic carbocycles. The van der Waals surface area contributed by atoms with Crippen molar-refractivity contribution in [3.63, 3.8) is 0 Å². The average Bonchev–Trinajstić information content (AvgIpc) is 2.10. The van der Waals surface area contributed by atoms with Crippen LogP contribution in [-0.2, 0) is 0 Å². The van der Waals surface area contributed by atoms with Crippen molar-refractivity contribution in [3.05, 3.63) is 27.0 Å². The minimum atomic E-state index is -4.64. The van der Waals surface area contributed by atoms with E-state index in [9.17, 15) is 13.2 Å². The van der Waals surface area contributed by atoms with E-state index in [0.717, 1.165) is 6.20 Å². The van der Waals surface area contributed by atoms with Gasteiger partial charge in [0.25, 0.3) is 0 Å². The molecule has 0 aliphatic carbocycles. The summed E-state index contributed by atoms with van der Waals surface area (Å²) < 4.78 is 37.0. The maximum absolute atomic E-state index is 12.3. The summed E-state index contributed by atoms with van der Waals surface area (Å²) in [6.45, 7) is 0. The zero-order valence-corrected chi connectivity index (χ0v) is 9.21. The van der Waals surface area contributed by atoms with Crippen molar-refractivity contribution >= 4 is 34.8 Å². The van der Waals surface area contributed by atoms with Crippen molar-refractivity contribution in [2.45, 2.75) is 12.2 Å². The minimum Gasteiger partial charge on any atom is -0.316 e. The van der Waals surface area contributed by atoms with Crippen LogP contribution < -0.4 is 5.73 Å². The normalized spacial score (nSPS) is 14.1. The van der Waals surface area contributed by atoms with Crippen LogP contribution in [0.15, 0.2) is 6.20 Å². The van der Waals surface area contributed by atoms with Crippen LogP contribution >= 0.6 is 34.8 Å². The van der Waals surface area contributed by atoms with Crippen LogP contribution in [0, 0.1) is 0 Å². The molecule has 0 spiro atoms. The lowest BCUT2D eigenvalue weighted by Gasteiger charge is -2.18. The largest absolute Gasteiger partial charge is 0.407 e. The van der Waals surface area contributed by atoms with E-state index in [1.807, 2.05) is 0 Å². The van der Waals surface area contributed by atoms with Crippen molar-refractivity contribution in [3.8, 4) is 0 Å². The number of rotatable bonds is 1. The van der Waals surface area contributed by atoms with Gasteiger partial charge in [0.1, 0.15) is 11.2 Å². The van der Waals surface area contributed by atoms with Crippen LogP contribution in [0.5, 0.6) is 0 Å². The van der Waals surface area contributed by atoms with Crippen molar-refractivity contribution in [2.75, 3.05) is 0 Å². The predicted octanol–water partition coefficient (Wildman–Crippen LogP) is 3.60. The third kappa shape index (κ3) is 2.66. The number of nitrogens with two attached hydrogens (primary N) is 1. The molecular weight excluding hydrogens is 275 g/mol. The molecule has 2 nitrogen and oxygen atoms in total. The lowest BCUT2D eigenvalue weighted by molar-refractivity contribution is -0.149. The molecule has 1 atom stereocenters. The second kappa shape index (κ2) is 4.33. The summed E-state index contributed by atoms with van der Waals surface area (Å²) in [4.78, 5) is 3.48. The highest BCUT2D eigenvalue weighted by Crippen LogP contribution is 2.39. The first-order valence-electron chi connectivity index (χ1n) is 3.57. The standard InChI is InChI=1S/C7H4Cl3F3N2/c8-2-1-15-6(10)4(9)3(2)5(14)7(11,12)13/h1,5H,14H2/t5-/m1/s1. The van der Waals surface area contributed by atoms with Crippen LogP contribution in [0.2, 0.25) is 15.2 Å². The summed E-state index contributed by atoms with van der Waals surface area (Å²) in [5.41, 5.74) is 4.50. The highest BCUT2D eigenvalue weighted by molar-refractivity contribution is 6.43. The number of nitrogens with zero attached hydrogens (tertiary/aromatic N) is 1. The molecule has 84 valence electrons. The third-order valence-electron chi connectivity index (χ3n) is 1.63. The number of hydrogen-bond donors (Lipinski definition) is 1. The molecule has 0 aliphatic heterocycles. The number of halogens is 6. The molecule has 0 radical (unpaired) electrons. The summed E-state index contributed by atoms with van der Waals surface area (Å²) in [5, 5.41) is -0.918. The highest BCUT2D eigenvalue weighted by Gasteiger charge is 2.40. The van der Waals surface area contributed by atoms with Gasteiger partial charge in [-0.1, -0.05) is 34.8 Å². The van der Waals surface area contributed by atoms with Gasteiger partial charge in [-0.2, -0.15) is 13.2 Å². The quantitative estimate of drug-likeness (QED) is 0.798. The first kappa shape index (κ1) is 12.8. The Balaban J connectivity index is 3.31. The predicted molar refractivity (Wildman–Crippen MR) is 52.3 cm³/mol. The zero-order valence-electron chi connectivity index (χ0n) is 6.95. The maximum atomic E-state index is 12.3. The van der Waals surface area contributed by atoms with E-state index >= 15 is 0 Å². The Bertz CT molecular complexity index is 380. The molecule has 1 aromatic rings. The van der Waals surface area contributed by atoms with Gasteiger partial charge in [-0.15, -0.1) is 0 Å². The van der Waals surface area contributed by atoms with Gasteiger partial charge in [-0.25, -0.2) is 4.98 Å². The molecule has 1 aromatic heterocycles. The fourth-order valence-electron chi connectivity index (χ4n) is 0.904. The van der Waals surface area contributed by atoms with Crippen LogP contribution in [0.1, 0.15) is 11.6 Å². The topological polar surface area (TPSA) is 38.9 Å². The summed E-state index contributed by atoms with van der Waals surface area (Å²) >= 11 is 16.5. The summed E-state index contributed by atoms with van der Waals surface area (Å²) in [5.74, 6) is 0. The second-order valence-electron chi connectivity index (χ2n) is 2.64. The Morgan fingerprint density at radius 2 is 1.80 bits per heavy atom. The second-order valence-corrected chi connectivity index (χ2v) is 3.79. The Labute approximate surface area is 98.1 Å². The van der Waals surface area contributed by atoms with E-state index in [1.54, 1.807) is 0 Å². The SMILES string of the molecule is N[C@H](c1c(Cl)cnc(Cl)c1Cl)C(F)(F)F. The van der Waals surface area contributed by atoms with Gasteiger partial charge in [-0.3, -0.25) is 0 Å². The van der Waals surface area contributed by atoms with Crippen LogP contribution in [0.4, 0.5) is 13.2 Å². The average molecular weight is 279 g/mol. The summed E-state index contributed by atoms with van der Waals surface area (Å²) in [6.07, 6.45) is -3.67. The molecule has 0 saturated carbocycles. The molecule has 2 N–H and O–H groups in total. The Morgan fingerprint density at radius 3 is 2.27 bits per heavy atom.